The van der Waals surface area contributed by atoms with Gasteiger partial charge >= 0.3 is 17.9 Å². The van der Waals surface area contributed by atoms with Crippen molar-refractivity contribution in [3.8, 4) is 0 Å². The molecule has 6 heteroatoms. The van der Waals surface area contributed by atoms with Crippen molar-refractivity contribution in [3.63, 3.8) is 0 Å². The van der Waals surface area contributed by atoms with E-state index in [2.05, 4.69) is 154 Å². The molecular formula is C65H102O6. The SMILES string of the molecule is CCCCC/C=C\C/C=C\C/C=C\C/C=C\C/C=C\CCC(=O)OC[C@H](COC(=O)CCC/C=C\C/C=C\C/C=C\C/C=C\CCCCC)OC(=O)CCC/C=C\C/C=C\C/C=C\CCCCCCCC. The number of rotatable bonds is 49. The molecule has 0 aromatic carbocycles. The van der Waals surface area contributed by atoms with Crippen LogP contribution in [-0.2, 0) is 28.6 Å². The highest BCUT2D eigenvalue weighted by Crippen LogP contribution is 2.10. The van der Waals surface area contributed by atoms with Gasteiger partial charge in [-0.05, 0) is 128 Å². The zero-order valence-corrected chi connectivity index (χ0v) is 45.4. The number of hydrogen-bond acceptors (Lipinski definition) is 6. The van der Waals surface area contributed by atoms with Crippen LogP contribution < -0.4 is 0 Å². The zero-order chi connectivity index (χ0) is 51.4. The Morgan fingerprint density at radius 3 is 0.901 bits per heavy atom. The van der Waals surface area contributed by atoms with E-state index in [1.54, 1.807) is 0 Å². The highest BCUT2D eigenvalue weighted by atomic mass is 16.6. The molecule has 0 N–H and O–H groups in total. The molecule has 6 nitrogen and oxygen atoms in total. The molecule has 1 atom stereocenters. The topological polar surface area (TPSA) is 78.9 Å². The van der Waals surface area contributed by atoms with Gasteiger partial charge < -0.3 is 14.2 Å². The summed E-state index contributed by atoms with van der Waals surface area (Å²) in [4.78, 5) is 38.1. The highest BCUT2D eigenvalue weighted by molar-refractivity contribution is 5.71. The Balaban J connectivity index is 4.68. The third kappa shape index (κ3) is 56.1. The summed E-state index contributed by atoms with van der Waals surface area (Å²) in [6.07, 6.45) is 82.8. The highest BCUT2D eigenvalue weighted by Gasteiger charge is 2.19. The van der Waals surface area contributed by atoms with Gasteiger partial charge in [0.25, 0.3) is 0 Å². The van der Waals surface area contributed by atoms with E-state index in [0.717, 1.165) is 70.6 Å². The van der Waals surface area contributed by atoms with Crippen molar-refractivity contribution in [1.82, 2.24) is 0 Å². The summed E-state index contributed by atoms with van der Waals surface area (Å²) in [5, 5.41) is 0. The normalized spacial score (nSPS) is 13.2. The van der Waals surface area contributed by atoms with E-state index >= 15 is 0 Å². The predicted octanol–water partition coefficient (Wildman–Crippen LogP) is 19.2. The quantitative estimate of drug-likeness (QED) is 0.0262. The molecule has 0 radical (unpaired) electrons. The van der Waals surface area contributed by atoms with Gasteiger partial charge in [-0.15, -0.1) is 0 Å². The number of carbonyl (C=O) groups excluding carboxylic acids is 3. The standard InChI is InChI=1S/C65H102O6/c1-4-7-10-13-16-19-22-25-28-31-32-35-37-40-43-46-49-52-55-58-64(67)70-61-62(71-65(68)59-56-53-50-47-44-41-38-34-30-27-24-21-18-15-12-9-6-3)60-69-63(66)57-54-51-48-45-42-39-36-33-29-26-23-20-17-14-11-8-5-2/h16-17,19-20,25-30,32,35-36,38-41,43,45,47-50,52,62H,4-15,18,21-24,31,33-34,37,42,44,46,51,53-61H2,1-3H3/b19-16-,20-17-,28-25-,29-26-,30-27-,35-32-,39-36-,41-38-,43-40-,48-45-,50-47-,52-49-/t62-/m0/s1. The van der Waals surface area contributed by atoms with E-state index in [4.69, 9.17) is 14.2 Å². The summed E-state index contributed by atoms with van der Waals surface area (Å²) in [5.74, 6) is -1.15. The first-order valence-electron chi connectivity index (χ1n) is 28.3. The fourth-order valence-corrected chi connectivity index (χ4v) is 7.02. The van der Waals surface area contributed by atoms with Gasteiger partial charge in [-0.2, -0.15) is 0 Å². The molecule has 0 heterocycles. The lowest BCUT2D eigenvalue weighted by atomic mass is 10.1. The lowest BCUT2D eigenvalue weighted by molar-refractivity contribution is -0.166. The van der Waals surface area contributed by atoms with Gasteiger partial charge in [0.15, 0.2) is 6.10 Å². The summed E-state index contributed by atoms with van der Waals surface area (Å²) in [6, 6.07) is 0. The van der Waals surface area contributed by atoms with Crippen LogP contribution in [0.4, 0.5) is 0 Å². The number of unbranched alkanes of at least 4 members (excludes halogenated alkanes) is 14. The van der Waals surface area contributed by atoms with Crippen molar-refractivity contribution in [2.75, 3.05) is 13.2 Å². The minimum atomic E-state index is -0.863. The Bertz CT molecular complexity index is 1590. The molecule has 0 bridgehead atoms. The summed E-state index contributed by atoms with van der Waals surface area (Å²) in [7, 11) is 0. The first-order chi connectivity index (χ1) is 35.0. The summed E-state index contributed by atoms with van der Waals surface area (Å²) in [6.45, 7) is 6.40. The van der Waals surface area contributed by atoms with Crippen molar-refractivity contribution in [1.29, 1.82) is 0 Å². The monoisotopic (exact) mass is 979 g/mol. The maximum absolute atomic E-state index is 12.8. The third-order valence-electron chi connectivity index (χ3n) is 11.3. The molecule has 0 aliphatic carbocycles. The molecule has 0 aliphatic heterocycles. The molecule has 0 fully saturated rings. The zero-order valence-electron chi connectivity index (χ0n) is 45.4. The minimum Gasteiger partial charge on any atom is -0.462 e. The Kier molecular flexibility index (Phi) is 54.0. The van der Waals surface area contributed by atoms with Crippen molar-refractivity contribution in [2.24, 2.45) is 0 Å². The Hall–Kier alpha value is -4.71. The lowest BCUT2D eigenvalue weighted by Gasteiger charge is -2.18. The minimum absolute atomic E-state index is 0.155. The number of ether oxygens (including phenoxy) is 3. The van der Waals surface area contributed by atoms with Crippen LogP contribution >= 0.6 is 0 Å². The maximum atomic E-state index is 12.8. The van der Waals surface area contributed by atoms with Crippen molar-refractivity contribution in [2.45, 2.75) is 232 Å². The fourth-order valence-electron chi connectivity index (χ4n) is 7.02. The molecule has 0 saturated carbocycles. The fraction of sp³-hybridized carbons (Fsp3) is 0.585. The lowest BCUT2D eigenvalue weighted by Crippen LogP contribution is -2.30. The largest absolute Gasteiger partial charge is 0.462 e. The average molecular weight is 980 g/mol. The van der Waals surface area contributed by atoms with Gasteiger partial charge in [-0.1, -0.05) is 224 Å². The predicted molar refractivity (Wildman–Crippen MR) is 306 cm³/mol. The Labute approximate surface area is 436 Å². The Morgan fingerprint density at radius 1 is 0.282 bits per heavy atom. The van der Waals surface area contributed by atoms with Crippen LogP contribution in [0.2, 0.25) is 0 Å². The molecule has 0 aliphatic rings. The first kappa shape index (κ1) is 66.3. The molecule has 71 heavy (non-hydrogen) atoms. The second-order valence-corrected chi connectivity index (χ2v) is 18.1. The molecule has 398 valence electrons. The van der Waals surface area contributed by atoms with Gasteiger partial charge in [0.1, 0.15) is 13.2 Å². The van der Waals surface area contributed by atoms with E-state index < -0.39 is 12.1 Å². The van der Waals surface area contributed by atoms with Crippen LogP contribution in [0, 0.1) is 0 Å². The van der Waals surface area contributed by atoms with Gasteiger partial charge in [0, 0.05) is 19.3 Å². The number of carbonyl (C=O) groups is 3. The van der Waals surface area contributed by atoms with Crippen LogP contribution in [0.3, 0.4) is 0 Å². The molecule has 0 saturated heterocycles. The van der Waals surface area contributed by atoms with Crippen LogP contribution in [0.25, 0.3) is 0 Å². The molecule has 0 aromatic heterocycles. The van der Waals surface area contributed by atoms with Gasteiger partial charge in [0.05, 0.1) is 0 Å². The van der Waals surface area contributed by atoms with Crippen LogP contribution in [0.15, 0.2) is 146 Å². The average Bonchev–Trinajstić information content (AvgIpc) is 3.37. The second-order valence-electron chi connectivity index (χ2n) is 18.1. The van der Waals surface area contributed by atoms with E-state index in [9.17, 15) is 14.4 Å². The summed E-state index contributed by atoms with van der Waals surface area (Å²) < 4.78 is 16.7. The Morgan fingerprint density at radius 2 is 0.535 bits per heavy atom. The molecular weight excluding hydrogens is 877 g/mol. The van der Waals surface area contributed by atoms with Crippen LogP contribution in [0.5, 0.6) is 0 Å². The number of hydrogen-bond donors (Lipinski definition) is 0. The van der Waals surface area contributed by atoms with Gasteiger partial charge in [0.2, 0.25) is 0 Å². The molecule has 0 amide bonds. The second kappa shape index (κ2) is 57.9. The van der Waals surface area contributed by atoms with E-state index in [1.807, 2.05) is 12.2 Å². The van der Waals surface area contributed by atoms with Gasteiger partial charge in [-0.25, -0.2) is 0 Å². The molecule has 0 aromatic rings. The van der Waals surface area contributed by atoms with Crippen LogP contribution in [0.1, 0.15) is 226 Å². The van der Waals surface area contributed by atoms with Crippen LogP contribution in [-0.4, -0.2) is 37.2 Å². The maximum Gasteiger partial charge on any atom is 0.306 e. The smallest absolute Gasteiger partial charge is 0.306 e. The van der Waals surface area contributed by atoms with Crippen molar-refractivity contribution >= 4 is 17.9 Å². The number of allylic oxidation sites excluding steroid dienone is 24. The van der Waals surface area contributed by atoms with Gasteiger partial charge in [-0.3, -0.25) is 14.4 Å². The summed E-state index contributed by atoms with van der Waals surface area (Å²) >= 11 is 0. The van der Waals surface area contributed by atoms with E-state index in [-0.39, 0.29) is 44.4 Å². The number of esters is 3. The van der Waals surface area contributed by atoms with Crippen molar-refractivity contribution in [3.05, 3.63) is 146 Å². The summed E-state index contributed by atoms with van der Waals surface area (Å²) in [5.41, 5.74) is 0. The molecule has 0 spiro atoms. The first-order valence-corrected chi connectivity index (χ1v) is 28.3. The van der Waals surface area contributed by atoms with Crippen molar-refractivity contribution < 1.29 is 28.6 Å². The van der Waals surface area contributed by atoms with E-state index in [0.29, 0.717) is 19.3 Å². The third-order valence-corrected chi connectivity index (χ3v) is 11.3. The van der Waals surface area contributed by atoms with E-state index in [1.165, 1.54) is 96.3 Å². The molecule has 0 unspecified atom stereocenters. The molecule has 0 rings (SSSR count).